The standard InChI is InChI=1S/C30H47O3P.C5H12O4/c1-3-5-7-9-11-13-15-21-27-23-17-19-25-29(27)32-34(31)33-30-26-20-18-24-28(30)22-16-14-12-10-8-6-4-2;6-1-5(2-7,3-8)4-9/h17-20,23-26,31H,3-16,21-22H2,1-2H3;6-9H,1-4H2. The Morgan fingerprint density at radius 3 is 1.16 bits per heavy atom. The molecule has 0 amide bonds. The Balaban J connectivity index is 0.000000887. The van der Waals surface area contributed by atoms with E-state index in [4.69, 9.17) is 29.5 Å². The average Bonchev–Trinajstić information content (AvgIpc) is 3.03. The van der Waals surface area contributed by atoms with E-state index < -0.39 is 40.4 Å². The normalized spacial score (nSPS) is 11.3. The van der Waals surface area contributed by atoms with Gasteiger partial charge in [0, 0.05) is 0 Å². The molecule has 0 radical (unpaired) electrons. The first-order chi connectivity index (χ1) is 21.0. The summed E-state index contributed by atoms with van der Waals surface area (Å²) >= 11 is 0. The predicted octanol–water partition coefficient (Wildman–Crippen LogP) is 7.89. The van der Waals surface area contributed by atoms with E-state index in [1.807, 2.05) is 36.4 Å². The lowest BCUT2D eigenvalue weighted by Gasteiger charge is -2.23. The molecule has 0 heterocycles. The van der Waals surface area contributed by atoms with Crippen LogP contribution in [0, 0.1) is 5.41 Å². The molecule has 0 bridgehead atoms. The number of para-hydroxylation sites is 2. The largest absolute Gasteiger partial charge is 0.460 e. The van der Waals surface area contributed by atoms with Gasteiger partial charge in [0.2, 0.25) is 0 Å². The van der Waals surface area contributed by atoms with Crippen molar-refractivity contribution in [2.24, 2.45) is 5.41 Å². The summed E-state index contributed by atoms with van der Waals surface area (Å²) in [5, 5.41) is 34.0. The van der Waals surface area contributed by atoms with E-state index in [0.29, 0.717) is 0 Å². The van der Waals surface area contributed by atoms with Crippen LogP contribution in [0.25, 0.3) is 0 Å². The lowest BCUT2D eigenvalue weighted by molar-refractivity contribution is -0.0328. The molecule has 0 fully saturated rings. The second kappa shape index (κ2) is 25.6. The van der Waals surface area contributed by atoms with E-state index in [1.54, 1.807) is 0 Å². The highest BCUT2D eigenvalue weighted by Gasteiger charge is 2.26. The first-order valence-electron chi connectivity index (χ1n) is 16.4. The molecule has 0 unspecified atom stereocenters. The molecular weight excluding hydrogens is 563 g/mol. The van der Waals surface area contributed by atoms with Crippen LogP contribution in [0.3, 0.4) is 0 Å². The van der Waals surface area contributed by atoms with Crippen LogP contribution < -0.4 is 9.05 Å². The van der Waals surface area contributed by atoms with Gasteiger partial charge in [0.05, 0.1) is 31.8 Å². The van der Waals surface area contributed by atoms with E-state index in [9.17, 15) is 4.89 Å². The minimum absolute atomic E-state index is 0.406. The Kier molecular flexibility index (Phi) is 23.4. The number of aryl methyl sites for hydroxylation is 2. The minimum atomic E-state index is -2.02. The lowest BCUT2D eigenvalue weighted by atomic mass is 9.93. The Labute approximate surface area is 262 Å². The zero-order valence-corrected chi connectivity index (χ0v) is 27.7. The average molecular weight is 623 g/mol. The van der Waals surface area contributed by atoms with Gasteiger partial charge in [0.25, 0.3) is 0 Å². The maximum Gasteiger partial charge on any atom is 0.460 e. The summed E-state index contributed by atoms with van der Waals surface area (Å²) in [5.41, 5.74) is 1.19. The first-order valence-corrected chi connectivity index (χ1v) is 17.6. The highest BCUT2D eigenvalue weighted by molar-refractivity contribution is 7.41. The number of hydrogen-bond donors (Lipinski definition) is 5. The molecule has 0 aliphatic carbocycles. The third kappa shape index (κ3) is 17.4. The van der Waals surface area contributed by atoms with E-state index in [1.165, 1.54) is 77.0 Å². The molecule has 0 aliphatic heterocycles. The number of rotatable bonds is 24. The van der Waals surface area contributed by atoms with Crippen LogP contribution in [-0.4, -0.2) is 51.7 Å². The molecule has 0 aliphatic rings. The summed E-state index contributed by atoms with van der Waals surface area (Å²) in [7, 11) is -2.02. The van der Waals surface area contributed by atoms with Gasteiger partial charge in [-0.3, -0.25) is 0 Å². The molecule has 43 heavy (non-hydrogen) atoms. The van der Waals surface area contributed by atoms with Crippen molar-refractivity contribution in [3.8, 4) is 11.5 Å². The Bertz CT molecular complexity index is 842. The number of unbranched alkanes of at least 4 members (excludes halogenated alkanes) is 12. The summed E-state index contributed by atoms with van der Waals surface area (Å²) in [4.78, 5) is 10.6. The van der Waals surface area contributed by atoms with Crippen molar-refractivity contribution >= 4 is 8.60 Å². The van der Waals surface area contributed by atoms with Gasteiger partial charge in [-0.05, 0) is 48.9 Å². The van der Waals surface area contributed by atoms with Crippen LogP contribution in [-0.2, 0) is 12.8 Å². The van der Waals surface area contributed by atoms with E-state index >= 15 is 0 Å². The zero-order valence-electron chi connectivity index (χ0n) is 26.8. The molecular formula is C35H59O7P. The molecule has 0 aromatic heterocycles. The molecule has 7 nitrogen and oxygen atoms in total. The Hall–Kier alpha value is -1.73. The van der Waals surface area contributed by atoms with Crippen LogP contribution in [0.15, 0.2) is 48.5 Å². The predicted molar refractivity (Wildman–Crippen MR) is 177 cm³/mol. The highest BCUT2D eigenvalue weighted by Crippen LogP contribution is 2.39. The molecule has 0 saturated carbocycles. The van der Waals surface area contributed by atoms with Gasteiger partial charge in [0.15, 0.2) is 0 Å². The van der Waals surface area contributed by atoms with Crippen molar-refractivity contribution in [1.82, 2.24) is 0 Å². The molecule has 2 aromatic carbocycles. The van der Waals surface area contributed by atoms with Gasteiger partial charge < -0.3 is 34.4 Å². The van der Waals surface area contributed by atoms with Crippen LogP contribution in [0.5, 0.6) is 11.5 Å². The number of aliphatic hydroxyl groups is 4. The molecule has 246 valence electrons. The monoisotopic (exact) mass is 622 g/mol. The zero-order chi connectivity index (χ0) is 31.6. The van der Waals surface area contributed by atoms with Crippen LogP contribution >= 0.6 is 8.60 Å². The second-order valence-electron chi connectivity index (χ2n) is 11.5. The molecule has 2 aromatic rings. The van der Waals surface area contributed by atoms with Crippen LogP contribution in [0.1, 0.15) is 115 Å². The number of aliphatic hydroxyl groups excluding tert-OH is 4. The van der Waals surface area contributed by atoms with Crippen molar-refractivity contribution in [2.45, 2.75) is 117 Å². The Morgan fingerprint density at radius 2 is 0.837 bits per heavy atom. The maximum absolute atomic E-state index is 10.6. The lowest BCUT2D eigenvalue weighted by Crippen LogP contribution is -2.37. The minimum Gasteiger partial charge on any atom is -0.418 e. The topological polar surface area (TPSA) is 120 Å². The maximum atomic E-state index is 10.6. The molecule has 0 spiro atoms. The van der Waals surface area contributed by atoms with Gasteiger partial charge >= 0.3 is 8.60 Å². The second-order valence-corrected chi connectivity index (χ2v) is 12.4. The highest BCUT2D eigenvalue weighted by atomic mass is 31.2. The van der Waals surface area contributed by atoms with Crippen molar-refractivity contribution in [3.63, 3.8) is 0 Å². The summed E-state index contributed by atoms with van der Waals surface area (Å²) in [6, 6.07) is 16.1. The summed E-state index contributed by atoms with van der Waals surface area (Å²) in [5.74, 6) is 1.48. The number of hydrogen-bond acceptors (Lipinski definition) is 7. The van der Waals surface area contributed by atoms with Gasteiger partial charge in [-0.2, -0.15) is 0 Å². The van der Waals surface area contributed by atoms with Gasteiger partial charge in [-0.25, -0.2) is 0 Å². The first kappa shape index (κ1) is 39.3. The van der Waals surface area contributed by atoms with Crippen molar-refractivity contribution in [2.75, 3.05) is 26.4 Å². The Morgan fingerprint density at radius 1 is 0.512 bits per heavy atom. The van der Waals surface area contributed by atoms with E-state index in [2.05, 4.69) is 26.0 Å². The van der Waals surface area contributed by atoms with Gasteiger partial charge in [-0.15, -0.1) is 0 Å². The summed E-state index contributed by atoms with van der Waals surface area (Å²) in [6.07, 6.45) is 20.0. The van der Waals surface area contributed by atoms with E-state index in [0.717, 1.165) is 48.3 Å². The third-order valence-corrected chi connectivity index (χ3v) is 8.44. The van der Waals surface area contributed by atoms with Crippen LogP contribution in [0.2, 0.25) is 0 Å². The van der Waals surface area contributed by atoms with Crippen LogP contribution in [0.4, 0.5) is 0 Å². The third-order valence-electron chi connectivity index (χ3n) is 7.74. The summed E-state index contributed by atoms with van der Waals surface area (Å²) in [6.45, 7) is 2.89. The summed E-state index contributed by atoms with van der Waals surface area (Å²) < 4.78 is 11.8. The molecule has 8 heteroatoms. The van der Waals surface area contributed by atoms with Crippen molar-refractivity contribution in [1.29, 1.82) is 0 Å². The fourth-order valence-corrected chi connectivity index (χ4v) is 5.36. The number of benzene rings is 2. The van der Waals surface area contributed by atoms with Crippen molar-refractivity contribution in [3.05, 3.63) is 59.7 Å². The molecule has 0 saturated heterocycles. The molecule has 2 rings (SSSR count). The molecule has 0 atom stereocenters. The molecule has 5 N–H and O–H groups in total. The quantitative estimate of drug-likeness (QED) is 0.0597. The van der Waals surface area contributed by atoms with Gasteiger partial charge in [0.1, 0.15) is 11.5 Å². The SMILES string of the molecule is CCCCCCCCCc1ccccc1OP(O)Oc1ccccc1CCCCCCCCC.OCC(CO)(CO)CO. The van der Waals surface area contributed by atoms with Crippen molar-refractivity contribution < 1.29 is 34.4 Å². The van der Waals surface area contributed by atoms with E-state index in [-0.39, 0.29) is 0 Å². The fourth-order valence-electron chi connectivity index (χ4n) is 4.63. The fraction of sp³-hybridized carbons (Fsp3) is 0.657. The smallest absolute Gasteiger partial charge is 0.418 e. The van der Waals surface area contributed by atoms with Gasteiger partial charge in [-0.1, -0.05) is 127 Å².